The van der Waals surface area contributed by atoms with Crippen molar-refractivity contribution in [3.05, 3.63) is 93.2 Å². The second-order valence-electron chi connectivity index (χ2n) is 7.68. The summed E-state index contributed by atoms with van der Waals surface area (Å²) in [5.41, 5.74) is 1.35. The molecule has 3 aromatic rings. The highest BCUT2D eigenvalue weighted by molar-refractivity contribution is 6.32. The Morgan fingerprint density at radius 1 is 1.06 bits per heavy atom. The molecule has 0 aliphatic carbocycles. The minimum atomic E-state index is -4.57. The largest absolute Gasteiger partial charge is 0.481 e. The molecule has 2 unspecified atom stereocenters. The van der Waals surface area contributed by atoms with Crippen LogP contribution in [0, 0.1) is 0 Å². The maximum atomic E-state index is 14.0. The fourth-order valence-electron chi connectivity index (χ4n) is 3.67. The Balaban J connectivity index is 1.81. The molecule has 3 rings (SSSR count). The normalized spacial score (nSPS) is 13.2. The number of carbonyl (C=O) groups excluding carboxylic acids is 1. The van der Waals surface area contributed by atoms with Crippen molar-refractivity contribution in [1.82, 2.24) is 4.98 Å². The van der Waals surface area contributed by atoms with Crippen LogP contribution in [0.3, 0.4) is 0 Å². The van der Waals surface area contributed by atoms with Gasteiger partial charge in [-0.1, -0.05) is 48.3 Å². The average Bonchev–Trinajstić information content (AvgIpc) is 2.73. The molecular formula is C24H19Cl2F3N2O3. The molecule has 0 fully saturated rings. The van der Waals surface area contributed by atoms with E-state index in [0.717, 1.165) is 0 Å². The SMILES string of the molecule is CC(c1ccc(C(=O)Nc2ccc(CC(=O)O)cc2)cc1Cl)C(c1ccnc(Cl)c1)C(F)(F)F. The maximum Gasteiger partial charge on any atom is 0.396 e. The van der Waals surface area contributed by atoms with Crippen molar-refractivity contribution >= 4 is 40.8 Å². The topological polar surface area (TPSA) is 79.3 Å². The Morgan fingerprint density at radius 3 is 2.29 bits per heavy atom. The summed E-state index contributed by atoms with van der Waals surface area (Å²) in [4.78, 5) is 27.1. The van der Waals surface area contributed by atoms with E-state index in [1.54, 1.807) is 24.3 Å². The molecule has 0 saturated carbocycles. The summed E-state index contributed by atoms with van der Waals surface area (Å²) in [7, 11) is 0. The van der Waals surface area contributed by atoms with Gasteiger partial charge in [0.05, 0.1) is 12.3 Å². The van der Waals surface area contributed by atoms with Gasteiger partial charge in [0, 0.05) is 22.5 Å². The molecule has 0 radical (unpaired) electrons. The Hall–Kier alpha value is -3.10. The first-order valence-electron chi connectivity index (χ1n) is 10.1. The van der Waals surface area contributed by atoms with Crippen molar-refractivity contribution in [1.29, 1.82) is 0 Å². The van der Waals surface area contributed by atoms with E-state index in [0.29, 0.717) is 11.3 Å². The quantitative estimate of drug-likeness (QED) is 0.346. The van der Waals surface area contributed by atoms with Crippen LogP contribution in [0.1, 0.15) is 45.8 Å². The van der Waals surface area contributed by atoms with Gasteiger partial charge >= 0.3 is 12.1 Å². The number of nitrogens with zero attached hydrogens (tertiary/aromatic N) is 1. The van der Waals surface area contributed by atoms with E-state index in [9.17, 15) is 22.8 Å². The number of pyridine rings is 1. The maximum absolute atomic E-state index is 14.0. The fourth-order valence-corrected chi connectivity index (χ4v) is 4.21. The number of nitrogens with one attached hydrogen (secondary N) is 1. The molecule has 2 atom stereocenters. The van der Waals surface area contributed by atoms with Crippen LogP contribution >= 0.6 is 23.2 Å². The molecule has 1 amide bonds. The van der Waals surface area contributed by atoms with Crippen LogP contribution in [0.15, 0.2) is 60.8 Å². The van der Waals surface area contributed by atoms with Gasteiger partial charge in [-0.2, -0.15) is 13.2 Å². The van der Waals surface area contributed by atoms with E-state index in [1.807, 2.05) is 0 Å². The number of aliphatic carboxylic acids is 1. The summed E-state index contributed by atoms with van der Waals surface area (Å²) in [6.07, 6.45) is -3.50. The number of amides is 1. The molecule has 0 saturated heterocycles. The summed E-state index contributed by atoms with van der Waals surface area (Å²) in [5.74, 6) is -4.43. The molecule has 0 spiro atoms. The lowest BCUT2D eigenvalue weighted by molar-refractivity contribution is -0.154. The molecular weight excluding hydrogens is 492 g/mol. The van der Waals surface area contributed by atoms with Crippen LogP contribution in [0.5, 0.6) is 0 Å². The molecule has 1 heterocycles. The molecule has 178 valence electrons. The Morgan fingerprint density at radius 2 is 1.74 bits per heavy atom. The molecule has 5 nitrogen and oxygen atoms in total. The van der Waals surface area contributed by atoms with Crippen molar-refractivity contribution in [2.45, 2.75) is 31.4 Å². The third-order valence-electron chi connectivity index (χ3n) is 5.28. The number of carbonyl (C=O) groups is 2. The fraction of sp³-hybridized carbons (Fsp3) is 0.208. The van der Waals surface area contributed by atoms with E-state index in [-0.39, 0.29) is 33.3 Å². The van der Waals surface area contributed by atoms with Crippen molar-refractivity contribution in [3.63, 3.8) is 0 Å². The number of hydrogen-bond acceptors (Lipinski definition) is 3. The minimum absolute atomic E-state index is 0.0198. The van der Waals surface area contributed by atoms with Crippen LogP contribution < -0.4 is 5.32 Å². The van der Waals surface area contributed by atoms with E-state index >= 15 is 0 Å². The molecule has 0 aliphatic heterocycles. The lowest BCUT2D eigenvalue weighted by atomic mass is 9.82. The monoisotopic (exact) mass is 510 g/mol. The van der Waals surface area contributed by atoms with E-state index < -0.39 is 29.9 Å². The van der Waals surface area contributed by atoms with Gasteiger partial charge in [0.2, 0.25) is 0 Å². The standard InChI is InChI=1S/C24H19Cl2F3N2O3/c1-13(22(24(27,28)29)15-8-9-30-20(26)12-15)18-7-4-16(11-19(18)25)23(34)31-17-5-2-14(3-6-17)10-21(32)33/h2-9,11-13,22H,10H2,1H3,(H,31,34)(H,32,33). The van der Waals surface area contributed by atoms with Gasteiger partial charge in [-0.3, -0.25) is 9.59 Å². The van der Waals surface area contributed by atoms with E-state index in [4.69, 9.17) is 28.3 Å². The number of alkyl halides is 3. The highest BCUT2D eigenvalue weighted by atomic mass is 35.5. The molecule has 2 aromatic carbocycles. The zero-order valence-electron chi connectivity index (χ0n) is 17.7. The predicted octanol–water partition coefficient (Wildman–Crippen LogP) is 6.72. The third-order valence-corrected chi connectivity index (χ3v) is 5.82. The smallest absolute Gasteiger partial charge is 0.396 e. The average molecular weight is 511 g/mol. The molecule has 0 aliphatic rings. The Labute approximate surface area is 203 Å². The zero-order chi connectivity index (χ0) is 25.0. The number of benzene rings is 2. The summed E-state index contributed by atoms with van der Waals surface area (Å²) in [6, 6.07) is 12.8. The van der Waals surface area contributed by atoms with Crippen LogP contribution in [0.2, 0.25) is 10.2 Å². The summed E-state index contributed by atoms with van der Waals surface area (Å²) in [5, 5.41) is 11.4. The number of halogens is 5. The number of rotatable bonds is 7. The molecule has 34 heavy (non-hydrogen) atoms. The number of hydrogen-bond donors (Lipinski definition) is 2. The van der Waals surface area contributed by atoms with Crippen LogP contribution in [0.4, 0.5) is 18.9 Å². The molecule has 2 N–H and O–H groups in total. The first-order chi connectivity index (χ1) is 16.0. The zero-order valence-corrected chi connectivity index (χ0v) is 19.2. The Kier molecular flexibility index (Phi) is 7.84. The highest BCUT2D eigenvalue weighted by Crippen LogP contribution is 2.46. The van der Waals surface area contributed by atoms with Crippen molar-refractivity contribution in [3.8, 4) is 0 Å². The van der Waals surface area contributed by atoms with Crippen LogP contribution in [0.25, 0.3) is 0 Å². The van der Waals surface area contributed by atoms with Crippen molar-refractivity contribution in [2.24, 2.45) is 0 Å². The van der Waals surface area contributed by atoms with Crippen LogP contribution in [-0.4, -0.2) is 28.1 Å². The highest BCUT2D eigenvalue weighted by Gasteiger charge is 2.45. The van der Waals surface area contributed by atoms with E-state index in [2.05, 4.69) is 10.3 Å². The summed E-state index contributed by atoms with van der Waals surface area (Å²) >= 11 is 12.1. The van der Waals surface area contributed by atoms with Gasteiger partial charge < -0.3 is 10.4 Å². The minimum Gasteiger partial charge on any atom is -0.481 e. The second kappa shape index (κ2) is 10.4. The van der Waals surface area contributed by atoms with Gasteiger partial charge in [0.1, 0.15) is 5.15 Å². The molecule has 0 bridgehead atoms. The summed E-state index contributed by atoms with van der Waals surface area (Å²) < 4.78 is 41.9. The van der Waals surface area contributed by atoms with Crippen LogP contribution in [-0.2, 0) is 11.2 Å². The molecule has 1 aromatic heterocycles. The van der Waals surface area contributed by atoms with E-state index in [1.165, 1.54) is 43.5 Å². The van der Waals surface area contributed by atoms with Gasteiger partial charge in [0.15, 0.2) is 0 Å². The first kappa shape index (κ1) is 25.5. The Bertz CT molecular complexity index is 1200. The van der Waals surface area contributed by atoms with Gasteiger partial charge in [-0.25, -0.2) is 4.98 Å². The summed E-state index contributed by atoms with van der Waals surface area (Å²) in [6.45, 7) is 1.41. The first-order valence-corrected chi connectivity index (χ1v) is 10.8. The number of carboxylic acids is 1. The number of aromatic nitrogens is 1. The number of carboxylic acid groups (broad SMARTS) is 1. The predicted molar refractivity (Wildman–Crippen MR) is 124 cm³/mol. The lowest BCUT2D eigenvalue weighted by Gasteiger charge is -2.28. The van der Waals surface area contributed by atoms with Gasteiger partial charge in [0.25, 0.3) is 5.91 Å². The second-order valence-corrected chi connectivity index (χ2v) is 8.47. The third kappa shape index (κ3) is 6.27. The lowest BCUT2D eigenvalue weighted by Crippen LogP contribution is -2.26. The van der Waals surface area contributed by atoms with Crippen molar-refractivity contribution < 1.29 is 27.9 Å². The molecule has 10 heteroatoms. The number of anilines is 1. The van der Waals surface area contributed by atoms with Gasteiger partial charge in [-0.15, -0.1) is 0 Å². The van der Waals surface area contributed by atoms with Crippen molar-refractivity contribution in [2.75, 3.05) is 5.32 Å². The van der Waals surface area contributed by atoms with Gasteiger partial charge in [-0.05, 0) is 59.0 Å².